The Bertz CT molecular complexity index is 1060. The molecule has 8 nitrogen and oxygen atoms in total. The molecule has 168 valence electrons. The first-order chi connectivity index (χ1) is 14.6. The van der Waals surface area contributed by atoms with Crippen molar-refractivity contribution in [1.82, 2.24) is 5.32 Å². The molecular formula is C21H25ClN2O6S. The summed E-state index contributed by atoms with van der Waals surface area (Å²) in [6.45, 7) is 3.23. The second-order valence-electron chi connectivity index (χ2n) is 6.74. The molecule has 31 heavy (non-hydrogen) atoms. The van der Waals surface area contributed by atoms with Crippen LogP contribution in [-0.4, -0.2) is 47.1 Å². The van der Waals surface area contributed by atoms with Gasteiger partial charge < -0.3 is 14.8 Å². The largest absolute Gasteiger partial charge is 0.495 e. The van der Waals surface area contributed by atoms with Crippen LogP contribution in [0.5, 0.6) is 5.75 Å². The lowest BCUT2D eigenvalue weighted by atomic mass is 10.2. The number of nitrogens with zero attached hydrogens (tertiary/aromatic N) is 1. The van der Waals surface area contributed by atoms with Crippen LogP contribution in [0.2, 0.25) is 5.02 Å². The van der Waals surface area contributed by atoms with E-state index in [1.165, 1.54) is 26.3 Å². The molecule has 2 aromatic rings. The molecule has 1 N–H and O–H groups in total. The Morgan fingerprint density at radius 1 is 1.19 bits per heavy atom. The Morgan fingerprint density at radius 3 is 2.52 bits per heavy atom. The van der Waals surface area contributed by atoms with E-state index in [4.69, 9.17) is 21.1 Å². The molecule has 0 bridgehead atoms. The Balaban J connectivity index is 2.26. The van der Waals surface area contributed by atoms with Gasteiger partial charge in [-0.25, -0.2) is 13.2 Å². The first kappa shape index (κ1) is 24.5. The van der Waals surface area contributed by atoms with E-state index >= 15 is 0 Å². The van der Waals surface area contributed by atoms with Crippen LogP contribution in [0, 0.1) is 0 Å². The van der Waals surface area contributed by atoms with Gasteiger partial charge in [-0.15, -0.1) is 0 Å². The van der Waals surface area contributed by atoms with Crippen LogP contribution in [0.25, 0.3) is 0 Å². The van der Waals surface area contributed by atoms with Crippen LogP contribution >= 0.6 is 11.6 Å². The summed E-state index contributed by atoms with van der Waals surface area (Å²) in [5, 5.41) is 2.67. The molecule has 0 aliphatic carbocycles. The number of halogens is 1. The summed E-state index contributed by atoms with van der Waals surface area (Å²) in [6, 6.07) is 10.3. The van der Waals surface area contributed by atoms with Gasteiger partial charge in [0.15, 0.2) is 6.61 Å². The molecule has 0 aliphatic heterocycles. The zero-order chi connectivity index (χ0) is 23.2. The maximum atomic E-state index is 13.1. The molecule has 2 aromatic carbocycles. The van der Waals surface area contributed by atoms with Crippen LogP contribution in [0.15, 0.2) is 47.4 Å². The van der Waals surface area contributed by atoms with Crippen LogP contribution in [0.4, 0.5) is 5.69 Å². The fraction of sp³-hybridized carbons (Fsp3) is 0.333. The van der Waals surface area contributed by atoms with E-state index < -0.39 is 28.5 Å². The first-order valence-corrected chi connectivity index (χ1v) is 11.3. The number of rotatable bonds is 9. The molecule has 0 saturated heterocycles. The van der Waals surface area contributed by atoms with Crippen molar-refractivity contribution in [2.75, 3.05) is 25.1 Å². The lowest BCUT2D eigenvalue weighted by Crippen LogP contribution is -2.35. The Labute approximate surface area is 187 Å². The summed E-state index contributed by atoms with van der Waals surface area (Å²) in [7, 11) is -1.23. The predicted octanol–water partition coefficient (Wildman–Crippen LogP) is 3.25. The van der Waals surface area contributed by atoms with Gasteiger partial charge in [0.25, 0.3) is 15.9 Å². The standard InChI is InChI=1S/C21H25ClN2O6S/c1-5-14(2)23-20(25)13-30-21(26)16-12-15(10-11-17(16)22)31(27,28)24(3)18-8-6-7-9-19(18)29-4/h6-12,14H,5,13H2,1-4H3,(H,23,25)/t14-/m0/s1. The van der Waals surface area contributed by atoms with Crippen molar-refractivity contribution in [3.05, 3.63) is 53.1 Å². The van der Waals surface area contributed by atoms with E-state index in [1.54, 1.807) is 24.3 Å². The van der Waals surface area contributed by atoms with E-state index in [-0.39, 0.29) is 21.5 Å². The van der Waals surface area contributed by atoms with Crippen molar-refractivity contribution in [2.24, 2.45) is 0 Å². The third-order valence-electron chi connectivity index (χ3n) is 4.59. The molecule has 0 saturated carbocycles. The van der Waals surface area contributed by atoms with Gasteiger partial charge in [0.05, 0.1) is 28.3 Å². The van der Waals surface area contributed by atoms with E-state index in [1.807, 2.05) is 13.8 Å². The molecule has 0 aliphatic rings. The number of sulfonamides is 1. The molecule has 1 amide bonds. The molecule has 0 unspecified atom stereocenters. The molecule has 2 rings (SSSR count). The minimum absolute atomic E-state index is 0.00577. The third-order valence-corrected chi connectivity index (χ3v) is 6.69. The lowest BCUT2D eigenvalue weighted by Gasteiger charge is -2.22. The Hall–Kier alpha value is -2.78. The highest BCUT2D eigenvalue weighted by Gasteiger charge is 2.26. The zero-order valence-electron chi connectivity index (χ0n) is 17.7. The van der Waals surface area contributed by atoms with Gasteiger partial charge in [0.2, 0.25) is 0 Å². The molecule has 0 spiro atoms. The highest BCUT2D eigenvalue weighted by atomic mass is 35.5. The number of ether oxygens (including phenoxy) is 2. The first-order valence-electron chi connectivity index (χ1n) is 9.49. The molecule has 0 fully saturated rings. The van der Waals surface area contributed by atoms with Gasteiger partial charge in [0.1, 0.15) is 5.75 Å². The summed E-state index contributed by atoms with van der Waals surface area (Å²) < 4.78 is 37.5. The van der Waals surface area contributed by atoms with E-state index in [0.717, 1.165) is 16.8 Å². The molecular weight excluding hydrogens is 444 g/mol. The van der Waals surface area contributed by atoms with Crippen LogP contribution < -0.4 is 14.4 Å². The number of methoxy groups -OCH3 is 1. The quantitative estimate of drug-likeness (QED) is 0.567. The molecule has 10 heteroatoms. The minimum atomic E-state index is -4.04. The number of hydrogen-bond donors (Lipinski definition) is 1. The van der Waals surface area contributed by atoms with Gasteiger partial charge >= 0.3 is 5.97 Å². The predicted molar refractivity (Wildman–Crippen MR) is 118 cm³/mol. The monoisotopic (exact) mass is 468 g/mol. The smallest absolute Gasteiger partial charge is 0.340 e. The summed E-state index contributed by atoms with van der Waals surface area (Å²) >= 11 is 6.08. The SMILES string of the molecule is CC[C@H](C)NC(=O)COC(=O)c1cc(S(=O)(=O)N(C)c2ccccc2OC)ccc1Cl. The summed E-state index contributed by atoms with van der Waals surface area (Å²) in [5.41, 5.74) is 0.165. The second kappa shape index (κ2) is 10.5. The van der Waals surface area contributed by atoms with Gasteiger partial charge in [-0.3, -0.25) is 9.10 Å². The van der Waals surface area contributed by atoms with E-state index in [9.17, 15) is 18.0 Å². The summed E-state index contributed by atoms with van der Waals surface area (Å²) in [6.07, 6.45) is 0.727. The van der Waals surface area contributed by atoms with Gasteiger partial charge in [-0.2, -0.15) is 0 Å². The molecule has 0 heterocycles. The summed E-state index contributed by atoms with van der Waals surface area (Å²) in [5.74, 6) is -0.991. The molecule has 0 radical (unpaired) electrons. The number of amides is 1. The van der Waals surface area contributed by atoms with Crippen molar-refractivity contribution >= 4 is 39.2 Å². The number of esters is 1. The Kier molecular flexibility index (Phi) is 8.29. The topological polar surface area (TPSA) is 102 Å². The number of carbonyl (C=O) groups excluding carboxylic acids is 2. The average Bonchev–Trinajstić information content (AvgIpc) is 2.76. The lowest BCUT2D eigenvalue weighted by molar-refractivity contribution is -0.124. The second-order valence-corrected chi connectivity index (χ2v) is 9.12. The maximum Gasteiger partial charge on any atom is 0.340 e. The van der Waals surface area contributed by atoms with Crippen molar-refractivity contribution in [3.8, 4) is 5.75 Å². The highest BCUT2D eigenvalue weighted by Crippen LogP contribution is 2.32. The zero-order valence-corrected chi connectivity index (χ0v) is 19.3. The van der Waals surface area contributed by atoms with Crippen LogP contribution in [0.1, 0.15) is 30.6 Å². The molecule has 0 aromatic heterocycles. The number of hydrogen-bond acceptors (Lipinski definition) is 6. The van der Waals surface area contributed by atoms with Crippen molar-refractivity contribution in [2.45, 2.75) is 31.2 Å². The van der Waals surface area contributed by atoms with Gasteiger partial charge in [-0.05, 0) is 43.7 Å². The van der Waals surface area contributed by atoms with Gasteiger partial charge in [0, 0.05) is 13.1 Å². The van der Waals surface area contributed by atoms with Crippen molar-refractivity contribution in [1.29, 1.82) is 0 Å². The maximum absolute atomic E-state index is 13.1. The van der Waals surface area contributed by atoms with E-state index in [2.05, 4.69) is 5.32 Å². The van der Waals surface area contributed by atoms with E-state index in [0.29, 0.717) is 11.4 Å². The highest BCUT2D eigenvalue weighted by molar-refractivity contribution is 7.92. The molecule has 1 atom stereocenters. The average molecular weight is 469 g/mol. The number of para-hydroxylation sites is 2. The van der Waals surface area contributed by atoms with Crippen molar-refractivity contribution < 1.29 is 27.5 Å². The van der Waals surface area contributed by atoms with Crippen LogP contribution in [-0.2, 0) is 19.6 Å². The number of benzene rings is 2. The minimum Gasteiger partial charge on any atom is -0.495 e. The van der Waals surface area contributed by atoms with Gasteiger partial charge in [-0.1, -0.05) is 30.7 Å². The number of anilines is 1. The Morgan fingerprint density at radius 2 is 1.87 bits per heavy atom. The van der Waals surface area contributed by atoms with Crippen LogP contribution in [0.3, 0.4) is 0 Å². The third kappa shape index (κ3) is 5.89. The normalized spacial score (nSPS) is 12.0. The van der Waals surface area contributed by atoms with Crippen molar-refractivity contribution in [3.63, 3.8) is 0 Å². The fourth-order valence-corrected chi connectivity index (χ4v) is 4.05. The fourth-order valence-electron chi connectivity index (χ4n) is 2.63. The summed E-state index contributed by atoms with van der Waals surface area (Å²) in [4.78, 5) is 24.1. The number of carbonyl (C=O) groups is 2. The number of nitrogens with one attached hydrogen (secondary N) is 1.